The SMILES string of the molecule is COc1ccc(-c2oc3ccc4nc(N)sc4c3c(=O)c2O)cc1. The second-order valence-corrected chi connectivity index (χ2v) is 6.21. The fourth-order valence-electron chi connectivity index (χ4n) is 2.61. The minimum absolute atomic E-state index is 0.118. The molecule has 120 valence electrons. The van der Waals surface area contributed by atoms with Gasteiger partial charge < -0.3 is 20.0 Å². The first-order valence-electron chi connectivity index (χ1n) is 7.07. The van der Waals surface area contributed by atoms with Gasteiger partial charge in [-0.1, -0.05) is 11.3 Å². The number of benzene rings is 2. The van der Waals surface area contributed by atoms with E-state index in [1.54, 1.807) is 43.5 Å². The van der Waals surface area contributed by atoms with Gasteiger partial charge in [-0.15, -0.1) is 0 Å². The maximum atomic E-state index is 12.7. The molecule has 2 aromatic heterocycles. The van der Waals surface area contributed by atoms with Crippen molar-refractivity contribution in [3.05, 3.63) is 46.6 Å². The zero-order valence-electron chi connectivity index (χ0n) is 12.6. The molecule has 4 rings (SSSR count). The minimum Gasteiger partial charge on any atom is -0.502 e. The zero-order valence-corrected chi connectivity index (χ0v) is 13.4. The van der Waals surface area contributed by atoms with Gasteiger partial charge in [0.2, 0.25) is 11.2 Å². The number of fused-ring (bicyclic) bond motifs is 3. The van der Waals surface area contributed by atoms with Gasteiger partial charge in [-0.25, -0.2) is 4.98 Å². The van der Waals surface area contributed by atoms with Gasteiger partial charge in [-0.2, -0.15) is 0 Å². The number of aromatic nitrogens is 1. The number of aromatic hydroxyl groups is 1. The van der Waals surface area contributed by atoms with E-state index in [0.717, 1.165) is 0 Å². The summed E-state index contributed by atoms with van der Waals surface area (Å²) < 4.78 is 11.5. The topological polar surface area (TPSA) is 98.6 Å². The average molecular weight is 340 g/mol. The molecule has 0 aliphatic rings. The molecule has 0 aliphatic heterocycles. The predicted octanol–water partition coefficient (Wildman–Crippen LogP) is 3.37. The van der Waals surface area contributed by atoms with Crippen LogP contribution >= 0.6 is 11.3 Å². The summed E-state index contributed by atoms with van der Waals surface area (Å²) in [6, 6.07) is 10.3. The van der Waals surface area contributed by atoms with E-state index in [2.05, 4.69) is 4.98 Å². The molecule has 7 heteroatoms. The number of nitrogens with zero attached hydrogens (tertiary/aromatic N) is 1. The summed E-state index contributed by atoms with van der Waals surface area (Å²) in [6.45, 7) is 0. The Kier molecular flexibility index (Phi) is 3.17. The van der Waals surface area contributed by atoms with Crippen LogP contribution in [0.1, 0.15) is 0 Å². The van der Waals surface area contributed by atoms with E-state index in [4.69, 9.17) is 14.9 Å². The lowest BCUT2D eigenvalue weighted by molar-refractivity contribution is 0.414. The van der Waals surface area contributed by atoms with E-state index < -0.39 is 11.2 Å². The third kappa shape index (κ3) is 2.10. The molecular formula is C17H12N2O4S. The molecule has 0 bridgehead atoms. The van der Waals surface area contributed by atoms with Gasteiger partial charge in [0, 0.05) is 5.56 Å². The molecule has 0 radical (unpaired) electrons. The first-order valence-corrected chi connectivity index (χ1v) is 7.89. The maximum absolute atomic E-state index is 12.7. The first-order chi connectivity index (χ1) is 11.6. The van der Waals surface area contributed by atoms with Crippen molar-refractivity contribution in [1.82, 2.24) is 4.98 Å². The number of hydrogen-bond acceptors (Lipinski definition) is 7. The van der Waals surface area contributed by atoms with Crippen molar-refractivity contribution in [3.63, 3.8) is 0 Å². The van der Waals surface area contributed by atoms with Gasteiger partial charge in [-0.05, 0) is 36.4 Å². The number of methoxy groups -OCH3 is 1. The molecular weight excluding hydrogens is 328 g/mol. The quantitative estimate of drug-likeness (QED) is 0.580. The molecule has 3 N–H and O–H groups in total. The fraction of sp³-hybridized carbons (Fsp3) is 0.0588. The molecule has 2 aromatic carbocycles. The molecule has 4 aromatic rings. The molecule has 24 heavy (non-hydrogen) atoms. The molecule has 0 aliphatic carbocycles. The lowest BCUT2D eigenvalue weighted by Crippen LogP contribution is -2.02. The number of thiazole rings is 1. The van der Waals surface area contributed by atoms with Gasteiger partial charge in [0.15, 0.2) is 10.9 Å². The van der Waals surface area contributed by atoms with Crippen LogP contribution in [0.4, 0.5) is 5.13 Å². The largest absolute Gasteiger partial charge is 0.502 e. The summed E-state index contributed by atoms with van der Waals surface area (Å²) in [5.41, 5.74) is 6.78. The van der Waals surface area contributed by atoms with Crippen LogP contribution in [0, 0.1) is 0 Å². The summed E-state index contributed by atoms with van der Waals surface area (Å²) in [5, 5.41) is 11.0. The van der Waals surface area contributed by atoms with Crippen LogP contribution in [-0.2, 0) is 0 Å². The van der Waals surface area contributed by atoms with Crippen LogP contribution in [-0.4, -0.2) is 17.2 Å². The number of anilines is 1. The van der Waals surface area contributed by atoms with Gasteiger partial charge in [0.25, 0.3) is 0 Å². The predicted molar refractivity (Wildman–Crippen MR) is 93.7 cm³/mol. The molecule has 0 saturated heterocycles. The molecule has 0 unspecified atom stereocenters. The van der Waals surface area contributed by atoms with Gasteiger partial charge >= 0.3 is 0 Å². The molecule has 6 nitrogen and oxygen atoms in total. The van der Waals surface area contributed by atoms with E-state index in [1.165, 1.54) is 11.3 Å². The summed E-state index contributed by atoms with van der Waals surface area (Å²) in [6.07, 6.45) is 0. The van der Waals surface area contributed by atoms with Crippen LogP contribution < -0.4 is 15.9 Å². The van der Waals surface area contributed by atoms with Crippen LogP contribution in [0.25, 0.3) is 32.5 Å². The molecule has 0 atom stereocenters. The summed E-state index contributed by atoms with van der Waals surface area (Å²) in [7, 11) is 1.56. The number of ether oxygens (including phenoxy) is 1. The maximum Gasteiger partial charge on any atom is 0.236 e. The number of nitrogens with two attached hydrogens (primary N) is 1. The molecule has 2 heterocycles. The van der Waals surface area contributed by atoms with Crippen LogP contribution in [0.15, 0.2) is 45.6 Å². The van der Waals surface area contributed by atoms with Crippen molar-refractivity contribution in [2.45, 2.75) is 0 Å². The second kappa shape index (κ2) is 5.24. The Balaban J connectivity index is 2.02. The highest BCUT2D eigenvalue weighted by molar-refractivity contribution is 7.23. The number of nitrogen functional groups attached to an aromatic ring is 1. The molecule has 0 spiro atoms. The Hall–Kier alpha value is -3.06. The third-order valence-corrected chi connectivity index (χ3v) is 4.68. The minimum atomic E-state index is -0.503. The van der Waals surface area contributed by atoms with Crippen molar-refractivity contribution in [1.29, 1.82) is 0 Å². The lowest BCUT2D eigenvalue weighted by atomic mass is 10.1. The Morgan fingerprint density at radius 3 is 2.67 bits per heavy atom. The molecule has 0 fully saturated rings. The average Bonchev–Trinajstić information content (AvgIpc) is 2.98. The number of rotatable bonds is 2. The lowest BCUT2D eigenvalue weighted by Gasteiger charge is -2.07. The molecule has 0 saturated carbocycles. The van der Waals surface area contributed by atoms with Crippen LogP contribution in [0.5, 0.6) is 11.5 Å². The normalized spacial score (nSPS) is 11.2. The van der Waals surface area contributed by atoms with Crippen LogP contribution in [0.2, 0.25) is 0 Å². The zero-order chi connectivity index (χ0) is 16.8. The van der Waals surface area contributed by atoms with E-state index in [1.807, 2.05) is 0 Å². The second-order valence-electron chi connectivity index (χ2n) is 5.18. The van der Waals surface area contributed by atoms with E-state index >= 15 is 0 Å². The molecule has 0 amide bonds. The highest BCUT2D eigenvalue weighted by Gasteiger charge is 2.18. The smallest absolute Gasteiger partial charge is 0.236 e. The van der Waals surface area contributed by atoms with Gasteiger partial charge in [0.1, 0.15) is 11.3 Å². The van der Waals surface area contributed by atoms with E-state index in [-0.39, 0.29) is 11.1 Å². The third-order valence-electron chi connectivity index (χ3n) is 3.76. The van der Waals surface area contributed by atoms with Crippen molar-refractivity contribution >= 4 is 37.7 Å². The van der Waals surface area contributed by atoms with E-state index in [9.17, 15) is 9.90 Å². The first kappa shape index (κ1) is 14.5. The van der Waals surface area contributed by atoms with Crippen molar-refractivity contribution in [2.24, 2.45) is 0 Å². The highest BCUT2D eigenvalue weighted by Crippen LogP contribution is 2.35. The van der Waals surface area contributed by atoms with Crippen molar-refractivity contribution in [2.75, 3.05) is 12.8 Å². The summed E-state index contributed by atoms with van der Waals surface area (Å²) in [4.78, 5) is 16.8. The van der Waals surface area contributed by atoms with E-state index in [0.29, 0.717) is 32.2 Å². The van der Waals surface area contributed by atoms with Crippen molar-refractivity contribution < 1.29 is 14.3 Å². The van der Waals surface area contributed by atoms with Crippen molar-refractivity contribution in [3.8, 4) is 22.8 Å². The Morgan fingerprint density at radius 1 is 1.21 bits per heavy atom. The van der Waals surface area contributed by atoms with Crippen LogP contribution in [0.3, 0.4) is 0 Å². The Morgan fingerprint density at radius 2 is 1.96 bits per heavy atom. The number of hydrogen-bond donors (Lipinski definition) is 2. The Bertz CT molecular complexity index is 1130. The fourth-order valence-corrected chi connectivity index (χ4v) is 3.48. The summed E-state index contributed by atoms with van der Waals surface area (Å²) >= 11 is 1.19. The monoisotopic (exact) mass is 340 g/mol. The summed E-state index contributed by atoms with van der Waals surface area (Å²) in [5.74, 6) is 0.349. The van der Waals surface area contributed by atoms with Gasteiger partial charge in [0.05, 0.1) is 22.7 Å². The highest BCUT2D eigenvalue weighted by atomic mass is 32.1. The van der Waals surface area contributed by atoms with Gasteiger partial charge in [-0.3, -0.25) is 4.79 Å². The Labute approximate surface area is 139 Å². The standard InChI is InChI=1S/C17H12N2O4S/c1-22-9-4-2-8(3-5-9)15-14(21)13(20)12-11(23-15)7-6-10-16(12)24-17(18)19-10/h2-7,21H,1H3,(H2,18,19).